The zero-order chi connectivity index (χ0) is 28.8. The number of carbonyl (C=O) groups excluding carboxylic acids is 2. The molecule has 41 heavy (non-hydrogen) atoms. The van der Waals surface area contributed by atoms with Crippen molar-refractivity contribution in [2.75, 3.05) is 29.7 Å². The Hall–Kier alpha value is -5.49. The first-order valence-corrected chi connectivity index (χ1v) is 12.6. The molecule has 208 valence electrons. The molecule has 0 saturated carbocycles. The molecule has 3 amide bonds. The quantitative estimate of drug-likeness (QED) is 0.213. The molecule has 0 spiro atoms. The molecule has 0 aliphatic rings. The highest BCUT2D eigenvalue weighted by molar-refractivity contribution is 6.06. The van der Waals surface area contributed by atoms with Crippen molar-refractivity contribution in [3.8, 4) is 11.4 Å². The van der Waals surface area contributed by atoms with Gasteiger partial charge in [0.15, 0.2) is 0 Å². The van der Waals surface area contributed by atoms with E-state index in [4.69, 9.17) is 9.47 Å². The van der Waals surface area contributed by atoms with E-state index in [1.165, 1.54) is 17.9 Å². The fraction of sp³-hybridized carbons (Fsp3) is 0.138. The molecule has 0 aliphatic heterocycles. The van der Waals surface area contributed by atoms with Gasteiger partial charge in [-0.05, 0) is 61.0 Å². The van der Waals surface area contributed by atoms with Gasteiger partial charge in [0.25, 0.3) is 11.5 Å². The first-order chi connectivity index (χ1) is 19.9. The van der Waals surface area contributed by atoms with Gasteiger partial charge in [-0.3, -0.25) is 25.0 Å². The Morgan fingerprint density at radius 2 is 1.78 bits per heavy atom. The van der Waals surface area contributed by atoms with Gasteiger partial charge < -0.3 is 20.1 Å². The number of pyridine rings is 2. The number of amides is 3. The summed E-state index contributed by atoms with van der Waals surface area (Å²) in [5, 5.41) is 11.6. The molecular weight excluding hydrogens is 526 g/mol. The molecule has 5 aromatic rings. The predicted octanol–water partition coefficient (Wildman–Crippen LogP) is 4.23. The number of urea groups is 1. The van der Waals surface area contributed by atoms with Crippen LogP contribution >= 0.6 is 0 Å². The van der Waals surface area contributed by atoms with Gasteiger partial charge in [-0.2, -0.15) is 0 Å². The van der Waals surface area contributed by atoms with Crippen molar-refractivity contribution in [3.05, 3.63) is 101 Å². The summed E-state index contributed by atoms with van der Waals surface area (Å²) >= 11 is 0. The summed E-state index contributed by atoms with van der Waals surface area (Å²) in [7, 11) is 1.44. The Balaban J connectivity index is 1.31. The number of hydrogen-bond donors (Lipinski definition) is 4. The summed E-state index contributed by atoms with van der Waals surface area (Å²) in [4.78, 5) is 45.4. The van der Waals surface area contributed by atoms with E-state index in [1.807, 2.05) is 37.3 Å². The van der Waals surface area contributed by atoms with Gasteiger partial charge >= 0.3 is 6.03 Å². The molecule has 2 aromatic carbocycles. The molecule has 3 aromatic heterocycles. The van der Waals surface area contributed by atoms with Crippen LogP contribution < -0.4 is 26.2 Å². The van der Waals surface area contributed by atoms with E-state index in [9.17, 15) is 14.4 Å². The van der Waals surface area contributed by atoms with E-state index < -0.39 is 6.03 Å². The lowest BCUT2D eigenvalue weighted by molar-refractivity contribution is -0.119. The Morgan fingerprint density at radius 3 is 2.59 bits per heavy atom. The van der Waals surface area contributed by atoms with Crippen molar-refractivity contribution in [3.63, 3.8) is 0 Å². The van der Waals surface area contributed by atoms with Crippen LogP contribution in [0.5, 0.6) is 5.75 Å². The van der Waals surface area contributed by atoms with E-state index in [1.54, 1.807) is 42.7 Å². The highest BCUT2D eigenvalue weighted by Gasteiger charge is 2.14. The molecule has 0 atom stereocenters. The van der Waals surface area contributed by atoms with Gasteiger partial charge in [-0.1, -0.05) is 17.7 Å². The summed E-state index contributed by atoms with van der Waals surface area (Å²) in [6.07, 6.45) is 3.21. The number of anilines is 3. The first-order valence-electron chi connectivity index (χ1n) is 12.6. The maximum atomic E-state index is 13.0. The van der Waals surface area contributed by atoms with Crippen LogP contribution in [0.3, 0.4) is 0 Å². The number of rotatable bonds is 9. The third-order valence-corrected chi connectivity index (χ3v) is 6.01. The maximum Gasteiger partial charge on any atom is 0.324 e. The van der Waals surface area contributed by atoms with Gasteiger partial charge in [0.1, 0.15) is 36.1 Å². The zero-order valence-corrected chi connectivity index (χ0v) is 22.3. The Kier molecular flexibility index (Phi) is 8.02. The molecule has 0 unspecified atom stereocenters. The molecule has 0 radical (unpaired) electrons. The average molecular weight is 554 g/mol. The number of aromatic amines is 1. The number of aryl methyl sites for hydroxylation is 1. The van der Waals surface area contributed by atoms with Crippen LogP contribution in [0.4, 0.5) is 22.1 Å². The molecule has 4 N–H and O–H groups in total. The summed E-state index contributed by atoms with van der Waals surface area (Å²) in [5.74, 6) is 0.869. The molecule has 0 saturated heterocycles. The van der Waals surface area contributed by atoms with Crippen LogP contribution in [0.15, 0.2) is 83.9 Å². The largest absolute Gasteiger partial charge is 0.487 e. The van der Waals surface area contributed by atoms with Gasteiger partial charge in [0.2, 0.25) is 0 Å². The predicted molar refractivity (Wildman–Crippen MR) is 155 cm³/mol. The Bertz CT molecular complexity index is 1760. The fourth-order valence-corrected chi connectivity index (χ4v) is 4.13. The number of carbonyl (C=O) groups is 2. The Morgan fingerprint density at radius 1 is 0.951 bits per heavy atom. The summed E-state index contributed by atoms with van der Waals surface area (Å²) in [6.45, 7) is 2.08. The lowest BCUT2D eigenvalue weighted by Gasteiger charge is -2.14. The van der Waals surface area contributed by atoms with Gasteiger partial charge in [0.05, 0.1) is 11.4 Å². The second-order valence-corrected chi connectivity index (χ2v) is 9.09. The molecule has 12 nitrogen and oxygen atoms in total. The van der Waals surface area contributed by atoms with Crippen molar-refractivity contribution >= 4 is 40.2 Å². The highest BCUT2D eigenvalue weighted by Crippen LogP contribution is 2.31. The number of hydrogen-bond acceptors (Lipinski definition) is 7. The lowest BCUT2D eigenvalue weighted by Crippen LogP contribution is -2.21. The van der Waals surface area contributed by atoms with E-state index in [0.717, 1.165) is 11.1 Å². The standard InChI is InChI=1S/C29H27N7O5/c1-18-5-7-20(8-6-18)36-25(15-26(37)35-36)34-29(39)32-22-9-10-23(28-21(22)4-3-12-31-28)41-16-19-11-13-30-24(14-19)33-27(38)17-40-2/h3-15H,16-17H2,1-2H3,(H,35,37)(H,30,33,38)(H2,32,34,39). The van der Waals surface area contributed by atoms with Crippen molar-refractivity contribution in [2.24, 2.45) is 0 Å². The summed E-state index contributed by atoms with van der Waals surface area (Å²) in [5.41, 5.74) is 3.25. The number of fused-ring (bicyclic) bond motifs is 1. The molecule has 0 aliphatic carbocycles. The molecule has 3 heterocycles. The third-order valence-electron chi connectivity index (χ3n) is 6.01. The minimum atomic E-state index is -0.538. The van der Waals surface area contributed by atoms with Gasteiger partial charge in [0, 0.05) is 31.0 Å². The van der Waals surface area contributed by atoms with Gasteiger partial charge in [-0.25, -0.2) is 14.5 Å². The van der Waals surface area contributed by atoms with Crippen molar-refractivity contribution in [2.45, 2.75) is 13.5 Å². The number of benzene rings is 2. The average Bonchev–Trinajstić information content (AvgIpc) is 3.32. The monoisotopic (exact) mass is 553 g/mol. The van der Waals surface area contributed by atoms with Crippen LogP contribution in [0, 0.1) is 6.92 Å². The minimum absolute atomic E-state index is 0.0733. The number of ether oxygens (including phenoxy) is 2. The molecular formula is C29H27N7O5. The van der Waals surface area contributed by atoms with Crippen molar-refractivity contribution in [1.29, 1.82) is 0 Å². The van der Waals surface area contributed by atoms with E-state index in [0.29, 0.717) is 33.8 Å². The topological polar surface area (TPSA) is 152 Å². The fourth-order valence-electron chi connectivity index (χ4n) is 4.13. The van der Waals surface area contributed by atoms with Crippen molar-refractivity contribution in [1.82, 2.24) is 19.7 Å². The number of methoxy groups -OCH3 is 1. The SMILES string of the molecule is COCC(=O)Nc1cc(COc2ccc(NC(=O)Nc3cc(=O)[nH]n3-c3ccc(C)cc3)c3cccnc23)ccn1. The van der Waals surface area contributed by atoms with E-state index >= 15 is 0 Å². The van der Waals surface area contributed by atoms with Crippen LogP contribution in [0.2, 0.25) is 0 Å². The van der Waals surface area contributed by atoms with Crippen molar-refractivity contribution < 1.29 is 19.1 Å². The second kappa shape index (κ2) is 12.1. The Labute approximate surface area is 234 Å². The summed E-state index contributed by atoms with van der Waals surface area (Å²) < 4.78 is 12.4. The van der Waals surface area contributed by atoms with Gasteiger partial charge in [-0.15, -0.1) is 0 Å². The van der Waals surface area contributed by atoms with Crippen LogP contribution in [-0.4, -0.2) is 45.4 Å². The second-order valence-electron chi connectivity index (χ2n) is 9.09. The number of aromatic nitrogens is 4. The number of nitrogens with one attached hydrogen (secondary N) is 4. The zero-order valence-electron chi connectivity index (χ0n) is 22.3. The third kappa shape index (κ3) is 6.57. The molecule has 0 bridgehead atoms. The van der Waals surface area contributed by atoms with Crippen LogP contribution in [0.25, 0.3) is 16.6 Å². The number of nitrogens with zero attached hydrogens (tertiary/aromatic N) is 3. The smallest absolute Gasteiger partial charge is 0.324 e. The summed E-state index contributed by atoms with van der Waals surface area (Å²) in [6, 6.07) is 18.8. The van der Waals surface area contributed by atoms with E-state index in [2.05, 4.69) is 31.0 Å². The first kappa shape index (κ1) is 27.1. The normalized spacial score (nSPS) is 10.8. The lowest BCUT2D eigenvalue weighted by atomic mass is 10.1. The van der Waals surface area contributed by atoms with Crippen LogP contribution in [0.1, 0.15) is 11.1 Å². The molecule has 12 heteroatoms. The van der Waals surface area contributed by atoms with Crippen LogP contribution in [-0.2, 0) is 16.1 Å². The number of H-pyrrole nitrogens is 1. The highest BCUT2D eigenvalue weighted by atomic mass is 16.5. The minimum Gasteiger partial charge on any atom is -0.487 e. The molecule has 5 rings (SSSR count). The maximum absolute atomic E-state index is 13.0. The van der Waals surface area contributed by atoms with E-state index in [-0.39, 0.29) is 30.5 Å². The molecule has 0 fully saturated rings.